The van der Waals surface area contributed by atoms with Gasteiger partial charge in [-0.3, -0.25) is 9.78 Å². The van der Waals surface area contributed by atoms with Crippen molar-refractivity contribution >= 4 is 12.0 Å². The first kappa shape index (κ1) is 28.4. The lowest BCUT2D eigenvalue weighted by Crippen LogP contribution is -2.48. The van der Waals surface area contributed by atoms with Crippen LogP contribution in [-0.2, 0) is 25.2 Å². The first-order valence-corrected chi connectivity index (χ1v) is 13.5. The summed E-state index contributed by atoms with van der Waals surface area (Å²) in [6, 6.07) is 11.2. The zero-order valence-corrected chi connectivity index (χ0v) is 22.6. The van der Waals surface area contributed by atoms with Gasteiger partial charge in [-0.25, -0.2) is 4.79 Å². The van der Waals surface area contributed by atoms with Crippen molar-refractivity contribution in [1.82, 2.24) is 9.88 Å². The fourth-order valence-corrected chi connectivity index (χ4v) is 6.01. The summed E-state index contributed by atoms with van der Waals surface area (Å²) in [4.78, 5) is 31.5. The summed E-state index contributed by atoms with van der Waals surface area (Å²) in [7, 11) is 0. The summed E-state index contributed by atoms with van der Waals surface area (Å²) in [5.41, 5.74) is 3.19. The molecule has 1 aromatic heterocycles. The SMILES string of the molecule is CC1(C)OCC(c2ccc(C(=O)N(C3CC3)[C@H]3CC[C@](COC(N)=O)(c4ccccn4)CC3)cc2)(C(F)(F)F)O1. The molecule has 216 valence electrons. The molecule has 3 fully saturated rings. The highest BCUT2D eigenvalue weighted by Gasteiger charge is 2.64. The Labute approximate surface area is 231 Å². The predicted octanol–water partition coefficient (Wildman–Crippen LogP) is 5.20. The number of nitrogens with two attached hydrogens (primary N) is 1. The normalized spacial score (nSPS) is 28.2. The van der Waals surface area contributed by atoms with E-state index in [0.717, 1.165) is 18.5 Å². The minimum Gasteiger partial charge on any atom is -0.449 e. The third kappa shape index (κ3) is 5.41. The summed E-state index contributed by atoms with van der Waals surface area (Å²) >= 11 is 0. The average molecular weight is 562 g/mol. The van der Waals surface area contributed by atoms with E-state index in [9.17, 15) is 22.8 Å². The number of ether oxygens (including phenoxy) is 3. The van der Waals surface area contributed by atoms with Crippen molar-refractivity contribution in [3.8, 4) is 0 Å². The molecule has 1 saturated heterocycles. The zero-order chi connectivity index (χ0) is 28.8. The monoisotopic (exact) mass is 561 g/mol. The van der Waals surface area contributed by atoms with Gasteiger partial charge in [-0.2, -0.15) is 13.2 Å². The highest BCUT2D eigenvalue weighted by molar-refractivity contribution is 5.95. The Bertz CT molecular complexity index is 1230. The number of alkyl halides is 3. The van der Waals surface area contributed by atoms with E-state index in [4.69, 9.17) is 19.9 Å². The van der Waals surface area contributed by atoms with Crippen LogP contribution in [-0.4, -0.2) is 59.1 Å². The number of aromatic nitrogens is 1. The number of primary amides is 1. The van der Waals surface area contributed by atoms with Crippen molar-refractivity contribution in [2.45, 2.75) is 87.4 Å². The molecule has 2 aromatic rings. The number of carbonyl (C=O) groups is 2. The number of amides is 2. The van der Waals surface area contributed by atoms with Crippen LogP contribution in [0.2, 0.25) is 0 Å². The fourth-order valence-electron chi connectivity index (χ4n) is 6.01. The number of benzene rings is 1. The van der Waals surface area contributed by atoms with E-state index in [-0.39, 0.29) is 30.2 Å². The van der Waals surface area contributed by atoms with Gasteiger partial charge in [0, 0.05) is 35.0 Å². The van der Waals surface area contributed by atoms with Gasteiger partial charge >= 0.3 is 12.3 Å². The van der Waals surface area contributed by atoms with Crippen molar-refractivity contribution in [2.75, 3.05) is 13.2 Å². The topological polar surface area (TPSA) is 104 Å². The van der Waals surface area contributed by atoms with Gasteiger partial charge in [0.15, 0.2) is 5.79 Å². The minimum absolute atomic E-state index is 0.0565. The molecule has 1 aromatic carbocycles. The summed E-state index contributed by atoms with van der Waals surface area (Å²) < 4.78 is 58.4. The lowest BCUT2D eigenvalue weighted by Gasteiger charge is -2.43. The first-order valence-electron chi connectivity index (χ1n) is 13.5. The standard InChI is InChI=1S/C29H34F3N3O5/c1-26(2)39-18-28(40-26,29(30,31)32)20-8-6-19(7-9-20)24(36)35(21-10-11-21)22-12-14-27(15-13-22,17-38-25(33)37)23-5-3-4-16-34-23/h3-9,16,21-22H,10-15,17-18H2,1-2H3,(H2,33,37)/t22-,27-,28?. The van der Waals surface area contributed by atoms with E-state index in [0.29, 0.717) is 31.2 Å². The number of hydrogen-bond acceptors (Lipinski definition) is 6. The molecule has 1 atom stereocenters. The quantitative estimate of drug-likeness (QED) is 0.498. The molecule has 8 nitrogen and oxygen atoms in total. The molecule has 2 N–H and O–H groups in total. The van der Waals surface area contributed by atoms with E-state index in [1.54, 1.807) is 6.20 Å². The molecule has 2 heterocycles. The van der Waals surface area contributed by atoms with E-state index in [1.807, 2.05) is 23.1 Å². The number of pyridine rings is 1. The Balaban J connectivity index is 1.34. The third-order valence-corrected chi connectivity index (χ3v) is 8.28. The van der Waals surface area contributed by atoms with Gasteiger partial charge in [0.05, 0.1) is 6.61 Å². The molecule has 2 aliphatic carbocycles. The predicted molar refractivity (Wildman–Crippen MR) is 138 cm³/mol. The molecule has 0 spiro atoms. The van der Waals surface area contributed by atoms with Crippen LogP contribution in [0, 0.1) is 0 Å². The molecule has 0 radical (unpaired) electrons. The Hall–Kier alpha value is -3.18. The summed E-state index contributed by atoms with van der Waals surface area (Å²) in [5, 5.41) is 0. The maximum absolute atomic E-state index is 14.2. The van der Waals surface area contributed by atoms with E-state index < -0.39 is 35.7 Å². The molecular formula is C29H34F3N3O5. The molecule has 40 heavy (non-hydrogen) atoms. The number of nitrogens with zero attached hydrogens (tertiary/aromatic N) is 2. The van der Waals surface area contributed by atoms with Crippen molar-refractivity contribution in [3.05, 3.63) is 65.5 Å². The second-order valence-corrected chi connectivity index (χ2v) is 11.5. The fraction of sp³-hybridized carbons (Fsp3) is 0.552. The largest absolute Gasteiger partial charge is 0.449 e. The van der Waals surface area contributed by atoms with Crippen LogP contribution in [0.15, 0.2) is 48.7 Å². The van der Waals surface area contributed by atoms with E-state index in [1.165, 1.54) is 38.1 Å². The Morgan fingerprint density at radius 3 is 2.20 bits per heavy atom. The molecule has 1 unspecified atom stereocenters. The van der Waals surface area contributed by atoms with Gasteiger partial charge in [-0.1, -0.05) is 18.2 Å². The zero-order valence-electron chi connectivity index (χ0n) is 22.6. The number of rotatable bonds is 7. The number of hydrogen-bond donors (Lipinski definition) is 1. The molecule has 2 saturated carbocycles. The highest BCUT2D eigenvalue weighted by Crippen LogP contribution is 2.50. The van der Waals surface area contributed by atoms with Crippen LogP contribution in [0.3, 0.4) is 0 Å². The van der Waals surface area contributed by atoms with Crippen molar-refractivity contribution in [1.29, 1.82) is 0 Å². The van der Waals surface area contributed by atoms with Gasteiger partial charge in [-0.15, -0.1) is 0 Å². The molecule has 11 heteroatoms. The minimum atomic E-state index is -4.70. The van der Waals surface area contributed by atoms with Crippen LogP contribution in [0.25, 0.3) is 0 Å². The maximum atomic E-state index is 14.2. The molecule has 3 aliphatic rings. The van der Waals surface area contributed by atoms with Gasteiger partial charge in [0.2, 0.25) is 5.60 Å². The molecular weight excluding hydrogens is 527 g/mol. The van der Waals surface area contributed by atoms with Crippen molar-refractivity contribution < 1.29 is 37.0 Å². The molecule has 0 bridgehead atoms. The van der Waals surface area contributed by atoms with Crippen molar-refractivity contribution in [2.24, 2.45) is 5.73 Å². The lowest BCUT2D eigenvalue weighted by molar-refractivity contribution is -0.289. The van der Waals surface area contributed by atoms with Crippen LogP contribution in [0.1, 0.15) is 74.0 Å². The smallest absolute Gasteiger partial charge is 0.424 e. The Kier molecular flexibility index (Phi) is 7.33. The van der Waals surface area contributed by atoms with Gasteiger partial charge in [0.1, 0.15) is 6.61 Å². The van der Waals surface area contributed by atoms with Crippen LogP contribution < -0.4 is 5.73 Å². The third-order valence-electron chi connectivity index (χ3n) is 8.28. The number of carbonyl (C=O) groups excluding carboxylic acids is 2. The Morgan fingerprint density at radius 1 is 1.05 bits per heavy atom. The van der Waals surface area contributed by atoms with Crippen LogP contribution in [0.5, 0.6) is 0 Å². The highest BCUT2D eigenvalue weighted by atomic mass is 19.4. The van der Waals surface area contributed by atoms with Crippen molar-refractivity contribution in [3.63, 3.8) is 0 Å². The summed E-state index contributed by atoms with van der Waals surface area (Å²) in [6.07, 6.45) is 0.517. The van der Waals surface area contributed by atoms with Gasteiger partial charge < -0.3 is 24.8 Å². The maximum Gasteiger partial charge on any atom is 0.424 e. The van der Waals surface area contributed by atoms with Crippen LogP contribution >= 0.6 is 0 Å². The Morgan fingerprint density at radius 2 is 1.70 bits per heavy atom. The van der Waals surface area contributed by atoms with Gasteiger partial charge in [-0.05, 0) is 82.2 Å². The average Bonchev–Trinajstić information content (AvgIpc) is 3.70. The van der Waals surface area contributed by atoms with Gasteiger partial charge in [0.25, 0.3) is 5.91 Å². The summed E-state index contributed by atoms with van der Waals surface area (Å²) in [6.45, 7) is 2.33. The molecule has 5 rings (SSSR count). The molecule has 2 amide bonds. The second kappa shape index (κ2) is 10.3. The molecule has 1 aliphatic heterocycles. The number of halogens is 3. The summed E-state index contributed by atoms with van der Waals surface area (Å²) in [5.74, 6) is -1.59. The lowest BCUT2D eigenvalue weighted by atomic mass is 9.70. The second-order valence-electron chi connectivity index (χ2n) is 11.5. The van der Waals surface area contributed by atoms with E-state index >= 15 is 0 Å². The van der Waals surface area contributed by atoms with E-state index in [2.05, 4.69) is 4.98 Å². The first-order chi connectivity index (χ1) is 18.9. The van der Waals surface area contributed by atoms with Crippen LogP contribution in [0.4, 0.5) is 18.0 Å².